The van der Waals surface area contributed by atoms with Crippen LogP contribution in [-0.2, 0) is 4.79 Å². The largest absolute Gasteiger partial charge is 0.378 e. The highest BCUT2D eigenvalue weighted by Gasteiger charge is 2.36. The normalized spacial score (nSPS) is 18.1. The molecule has 1 atom stereocenters. The lowest BCUT2D eigenvalue weighted by Gasteiger charge is -2.32. The Kier molecular flexibility index (Phi) is 4.16. The molecule has 0 fully saturated rings. The third-order valence-corrected chi connectivity index (χ3v) is 5.53. The first kappa shape index (κ1) is 17.6. The van der Waals surface area contributed by atoms with Crippen molar-refractivity contribution in [3.8, 4) is 11.4 Å². The molecular weight excluding hydrogens is 364 g/mol. The van der Waals surface area contributed by atoms with Crippen LogP contribution in [0.25, 0.3) is 11.4 Å². The molecule has 0 bridgehead atoms. The smallest absolute Gasteiger partial charge is 0.226 e. The number of hydrogen-bond acceptors (Lipinski definition) is 6. The Bertz CT molecular complexity index is 1100. The summed E-state index contributed by atoms with van der Waals surface area (Å²) in [6, 6.07) is 11.8. The molecule has 1 aliphatic heterocycles. The number of Topliss-reactive ketones (excluding diaryl/α,β-unsaturated/α-hetero) is 1. The van der Waals surface area contributed by atoms with Gasteiger partial charge in [-0.15, -0.1) is 5.10 Å². The quantitative estimate of drug-likeness (QED) is 0.743. The van der Waals surface area contributed by atoms with E-state index in [-0.39, 0.29) is 11.8 Å². The van der Waals surface area contributed by atoms with Crippen LogP contribution < -0.4 is 10.2 Å². The summed E-state index contributed by atoms with van der Waals surface area (Å²) in [5, 5.41) is 8.17. The van der Waals surface area contributed by atoms with E-state index < -0.39 is 0 Å². The number of pyridine rings is 1. The zero-order valence-electron chi connectivity index (χ0n) is 16.5. The molecule has 1 aromatic carbocycles. The Morgan fingerprint density at radius 1 is 1.07 bits per heavy atom. The van der Waals surface area contributed by atoms with Crippen molar-refractivity contribution < 1.29 is 4.79 Å². The molecule has 0 saturated carbocycles. The average Bonchev–Trinajstić information content (AvgIpc) is 3.17. The Morgan fingerprint density at radius 2 is 1.83 bits per heavy atom. The summed E-state index contributed by atoms with van der Waals surface area (Å²) in [7, 11) is 4.03. The van der Waals surface area contributed by atoms with Gasteiger partial charge in [0.25, 0.3) is 0 Å². The number of hydrogen-bond donors (Lipinski definition) is 1. The number of rotatable bonds is 3. The second-order valence-electron chi connectivity index (χ2n) is 7.62. The molecule has 1 aliphatic carbocycles. The zero-order chi connectivity index (χ0) is 20.0. The van der Waals surface area contributed by atoms with E-state index in [0.717, 1.165) is 40.9 Å². The number of anilines is 2. The van der Waals surface area contributed by atoms with E-state index in [1.807, 2.05) is 43.0 Å². The van der Waals surface area contributed by atoms with E-state index in [4.69, 9.17) is 10.1 Å². The number of benzene rings is 1. The standard InChI is InChI=1S/C22H22N6O/c1-27(2)16-8-6-15(7-9-16)21-25-22-24-17-4-3-5-18(29)19(17)20(28(22)26-21)14-10-12-23-13-11-14/h6-13,20H,3-5H2,1-2H3,(H,24,25,26). The molecule has 0 saturated heterocycles. The van der Waals surface area contributed by atoms with Gasteiger partial charge in [-0.2, -0.15) is 4.98 Å². The van der Waals surface area contributed by atoms with Crippen molar-refractivity contribution in [1.29, 1.82) is 0 Å². The number of allylic oxidation sites excluding steroid dienone is 2. The maximum atomic E-state index is 12.8. The fourth-order valence-electron chi connectivity index (χ4n) is 4.04. The molecule has 3 aromatic rings. The molecule has 146 valence electrons. The van der Waals surface area contributed by atoms with E-state index in [9.17, 15) is 4.79 Å². The number of carbonyl (C=O) groups is 1. The summed E-state index contributed by atoms with van der Waals surface area (Å²) >= 11 is 0. The van der Waals surface area contributed by atoms with Crippen molar-refractivity contribution in [2.45, 2.75) is 25.3 Å². The highest BCUT2D eigenvalue weighted by molar-refractivity contribution is 5.99. The van der Waals surface area contributed by atoms with Crippen LogP contribution in [0.4, 0.5) is 11.6 Å². The van der Waals surface area contributed by atoms with Crippen LogP contribution in [0, 0.1) is 0 Å². The summed E-state index contributed by atoms with van der Waals surface area (Å²) in [5.41, 5.74) is 4.82. The van der Waals surface area contributed by atoms with Gasteiger partial charge in [-0.1, -0.05) is 0 Å². The molecule has 1 N–H and O–H groups in total. The van der Waals surface area contributed by atoms with Gasteiger partial charge in [0.05, 0.1) is 0 Å². The monoisotopic (exact) mass is 386 g/mol. The van der Waals surface area contributed by atoms with Gasteiger partial charge in [0.1, 0.15) is 6.04 Å². The lowest BCUT2D eigenvalue weighted by molar-refractivity contribution is -0.116. The lowest BCUT2D eigenvalue weighted by atomic mass is 9.86. The summed E-state index contributed by atoms with van der Waals surface area (Å²) in [6.07, 6.45) is 5.79. The van der Waals surface area contributed by atoms with Crippen LogP contribution in [0.2, 0.25) is 0 Å². The predicted octanol–water partition coefficient (Wildman–Crippen LogP) is 3.43. The summed E-state index contributed by atoms with van der Waals surface area (Å²) in [5.74, 6) is 1.50. The summed E-state index contributed by atoms with van der Waals surface area (Å²) < 4.78 is 1.84. The summed E-state index contributed by atoms with van der Waals surface area (Å²) in [4.78, 5) is 23.8. The van der Waals surface area contributed by atoms with Crippen molar-refractivity contribution in [3.05, 3.63) is 65.6 Å². The Labute approximate surface area is 169 Å². The third-order valence-electron chi connectivity index (χ3n) is 5.53. The fourth-order valence-corrected chi connectivity index (χ4v) is 4.04. The SMILES string of the molecule is CN(C)c1ccc(-c2nc3n(n2)C(c2ccncc2)C2=C(CCCC2=O)N3)cc1. The van der Waals surface area contributed by atoms with Gasteiger partial charge in [0, 0.05) is 55.4 Å². The van der Waals surface area contributed by atoms with Crippen LogP contribution in [-0.4, -0.2) is 39.6 Å². The second-order valence-corrected chi connectivity index (χ2v) is 7.62. The number of aromatic nitrogens is 4. The van der Waals surface area contributed by atoms with Crippen LogP contribution in [0.3, 0.4) is 0 Å². The first-order valence-electron chi connectivity index (χ1n) is 9.79. The van der Waals surface area contributed by atoms with Crippen molar-refractivity contribution in [3.63, 3.8) is 0 Å². The fraction of sp³-hybridized carbons (Fsp3) is 0.273. The number of fused-ring (bicyclic) bond motifs is 1. The van der Waals surface area contributed by atoms with Crippen molar-refractivity contribution >= 4 is 17.4 Å². The second kappa shape index (κ2) is 6.84. The minimum Gasteiger partial charge on any atom is -0.378 e. The first-order chi connectivity index (χ1) is 14.1. The molecule has 0 amide bonds. The van der Waals surface area contributed by atoms with Crippen molar-refractivity contribution in [2.75, 3.05) is 24.3 Å². The van der Waals surface area contributed by atoms with Crippen LogP contribution in [0.1, 0.15) is 30.9 Å². The molecule has 2 aromatic heterocycles. The highest BCUT2D eigenvalue weighted by atomic mass is 16.1. The van der Waals surface area contributed by atoms with Gasteiger partial charge in [0.15, 0.2) is 11.6 Å². The maximum absolute atomic E-state index is 12.8. The lowest BCUT2D eigenvalue weighted by Crippen LogP contribution is -2.31. The molecule has 5 rings (SSSR count). The van der Waals surface area contributed by atoms with Gasteiger partial charge in [0.2, 0.25) is 5.95 Å². The Morgan fingerprint density at radius 3 is 2.55 bits per heavy atom. The topological polar surface area (TPSA) is 75.9 Å². The number of nitrogens with zero attached hydrogens (tertiary/aromatic N) is 5. The molecule has 1 unspecified atom stereocenters. The third kappa shape index (κ3) is 2.99. The van der Waals surface area contributed by atoms with E-state index in [1.54, 1.807) is 12.4 Å². The number of carbonyl (C=O) groups excluding carboxylic acids is 1. The molecule has 2 aliphatic rings. The number of ketones is 1. The van der Waals surface area contributed by atoms with Crippen LogP contribution in [0.5, 0.6) is 0 Å². The van der Waals surface area contributed by atoms with Gasteiger partial charge in [-0.3, -0.25) is 9.78 Å². The molecule has 7 nitrogen and oxygen atoms in total. The molecule has 0 radical (unpaired) electrons. The Balaban J connectivity index is 1.61. The molecular formula is C22H22N6O. The van der Waals surface area contributed by atoms with E-state index in [1.165, 1.54) is 0 Å². The first-order valence-corrected chi connectivity index (χ1v) is 9.79. The van der Waals surface area contributed by atoms with Crippen molar-refractivity contribution in [1.82, 2.24) is 19.7 Å². The van der Waals surface area contributed by atoms with Crippen LogP contribution in [0.15, 0.2) is 60.1 Å². The summed E-state index contributed by atoms with van der Waals surface area (Å²) in [6.45, 7) is 0. The molecule has 0 spiro atoms. The molecule has 7 heteroatoms. The van der Waals surface area contributed by atoms with Crippen LogP contribution >= 0.6 is 0 Å². The van der Waals surface area contributed by atoms with E-state index in [0.29, 0.717) is 18.2 Å². The van der Waals surface area contributed by atoms with E-state index >= 15 is 0 Å². The number of nitrogens with one attached hydrogen (secondary N) is 1. The zero-order valence-corrected chi connectivity index (χ0v) is 16.5. The van der Waals surface area contributed by atoms with Crippen molar-refractivity contribution in [2.24, 2.45) is 0 Å². The highest BCUT2D eigenvalue weighted by Crippen LogP contribution is 2.40. The molecule has 3 heterocycles. The Hall–Kier alpha value is -3.48. The van der Waals surface area contributed by atoms with Gasteiger partial charge in [-0.05, 0) is 54.8 Å². The van der Waals surface area contributed by atoms with Gasteiger partial charge < -0.3 is 10.2 Å². The maximum Gasteiger partial charge on any atom is 0.226 e. The van der Waals surface area contributed by atoms with Gasteiger partial charge >= 0.3 is 0 Å². The minimum atomic E-state index is -0.278. The van der Waals surface area contributed by atoms with E-state index in [2.05, 4.69) is 27.3 Å². The average molecular weight is 386 g/mol. The minimum absolute atomic E-state index is 0.179. The molecule has 29 heavy (non-hydrogen) atoms. The van der Waals surface area contributed by atoms with Gasteiger partial charge in [-0.25, -0.2) is 4.68 Å². The predicted molar refractivity (Wildman–Crippen MR) is 112 cm³/mol.